The molecule has 26 heavy (non-hydrogen) atoms. The second-order valence-corrected chi connectivity index (χ2v) is 6.62. The number of nitrogens with zero attached hydrogens (tertiary/aromatic N) is 1. The average molecular weight is 354 g/mol. The Morgan fingerprint density at radius 3 is 2.92 bits per heavy atom. The van der Waals surface area contributed by atoms with E-state index in [0.717, 1.165) is 30.7 Å². The van der Waals surface area contributed by atoms with Gasteiger partial charge in [0.1, 0.15) is 6.17 Å². The lowest BCUT2D eigenvalue weighted by Crippen LogP contribution is -2.46. The molecule has 2 aromatic rings. The summed E-state index contributed by atoms with van der Waals surface area (Å²) in [6, 6.07) is 12.7. The van der Waals surface area contributed by atoms with Gasteiger partial charge in [-0.25, -0.2) is 0 Å². The number of phenolic OH excluding ortho intramolecular Hbond substituents is 1. The highest BCUT2D eigenvalue weighted by atomic mass is 16.5. The predicted octanol–water partition coefficient (Wildman–Crippen LogP) is 3.15. The Kier molecular flexibility index (Phi) is 4.42. The van der Waals surface area contributed by atoms with E-state index in [1.165, 1.54) is 7.11 Å². The summed E-state index contributed by atoms with van der Waals surface area (Å²) in [6.07, 6.45) is 1.68. The molecule has 2 aliphatic rings. The summed E-state index contributed by atoms with van der Waals surface area (Å²) in [6.45, 7) is 1.27. The SMILES string of the molecule is COc1cc([C@@H]2Nc3ccccc3C(=O)N2C[C@H]2CCCO2)ccc1O. The fraction of sp³-hybridized carbons (Fsp3) is 0.350. The van der Waals surface area contributed by atoms with Gasteiger partial charge in [-0.15, -0.1) is 0 Å². The second kappa shape index (κ2) is 6.88. The topological polar surface area (TPSA) is 71.0 Å². The molecule has 2 aliphatic heterocycles. The number of amides is 1. The van der Waals surface area contributed by atoms with Crippen molar-refractivity contribution in [2.24, 2.45) is 0 Å². The number of nitrogens with one attached hydrogen (secondary N) is 1. The minimum atomic E-state index is -0.351. The molecule has 0 aliphatic carbocycles. The highest BCUT2D eigenvalue weighted by molar-refractivity contribution is 6.01. The van der Waals surface area contributed by atoms with Gasteiger partial charge < -0.3 is 24.8 Å². The number of methoxy groups -OCH3 is 1. The highest BCUT2D eigenvalue weighted by Crippen LogP contribution is 2.37. The van der Waals surface area contributed by atoms with Crippen LogP contribution in [0.5, 0.6) is 11.5 Å². The average Bonchev–Trinajstić information content (AvgIpc) is 3.18. The van der Waals surface area contributed by atoms with E-state index < -0.39 is 0 Å². The smallest absolute Gasteiger partial charge is 0.257 e. The molecule has 2 atom stereocenters. The summed E-state index contributed by atoms with van der Waals surface area (Å²) in [5.41, 5.74) is 2.31. The van der Waals surface area contributed by atoms with Crippen LogP contribution in [0.15, 0.2) is 42.5 Å². The van der Waals surface area contributed by atoms with Crippen LogP contribution in [0.2, 0.25) is 0 Å². The van der Waals surface area contributed by atoms with Gasteiger partial charge in [-0.3, -0.25) is 4.79 Å². The number of carbonyl (C=O) groups is 1. The first kappa shape index (κ1) is 16.7. The zero-order valence-corrected chi connectivity index (χ0v) is 14.6. The monoisotopic (exact) mass is 354 g/mol. The van der Waals surface area contributed by atoms with Gasteiger partial charge in [0.25, 0.3) is 5.91 Å². The fourth-order valence-electron chi connectivity index (χ4n) is 3.62. The van der Waals surface area contributed by atoms with E-state index in [1.807, 2.05) is 29.2 Å². The number of fused-ring (bicyclic) bond motifs is 1. The van der Waals surface area contributed by atoms with Crippen molar-refractivity contribution >= 4 is 11.6 Å². The first-order valence-electron chi connectivity index (χ1n) is 8.82. The van der Waals surface area contributed by atoms with Crippen LogP contribution in [0.4, 0.5) is 5.69 Å². The van der Waals surface area contributed by atoms with Crippen LogP contribution >= 0.6 is 0 Å². The van der Waals surface area contributed by atoms with E-state index in [1.54, 1.807) is 18.2 Å². The molecule has 136 valence electrons. The second-order valence-electron chi connectivity index (χ2n) is 6.62. The number of rotatable bonds is 4. The molecule has 4 rings (SSSR count). The van der Waals surface area contributed by atoms with E-state index in [9.17, 15) is 9.90 Å². The normalized spacial score (nSPS) is 22.0. The van der Waals surface area contributed by atoms with Crippen LogP contribution in [0, 0.1) is 0 Å². The largest absolute Gasteiger partial charge is 0.504 e. The summed E-state index contributed by atoms with van der Waals surface area (Å²) < 4.78 is 11.0. The van der Waals surface area contributed by atoms with Crippen LogP contribution in [0.1, 0.15) is 34.9 Å². The molecule has 1 saturated heterocycles. The minimum Gasteiger partial charge on any atom is -0.504 e. The van der Waals surface area contributed by atoms with Crippen molar-refractivity contribution in [2.75, 3.05) is 25.6 Å². The van der Waals surface area contributed by atoms with Crippen LogP contribution in [0.25, 0.3) is 0 Å². The Bertz CT molecular complexity index is 817. The third-order valence-electron chi connectivity index (χ3n) is 4.97. The van der Waals surface area contributed by atoms with Gasteiger partial charge in [0.15, 0.2) is 11.5 Å². The molecule has 1 amide bonds. The Labute approximate surface area is 152 Å². The summed E-state index contributed by atoms with van der Waals surface area (Å²) in [4.78, 5) is 15.0. The zero-order chi connectivity index (χ0) is 18.1. The Hall–Kier alpha value is -2.73. The molecular weight excluding hydrogens is 332 g/mol. The number of benzene rings is 2. The van der Waals surface area contributed by atoms with E-state index in [4.69, 9.17) is 9.47 Å². The van der Waals surface area contributed by atoms with Gasteiger partial charge >= 0.3 is 0 Å². The molecule has 6 heteroatoms. The summed E-state index contributed by atoms with van der Waals surface area (Å²) in [7, 11) is 1.51. The van der Waals surface area contributed by atoms with Gasteiger partial charge in [0.05, 0.1) is 18.8 Å². The molecule has 0 unspecified atom stereocenters. The molecule has 0 saturated carbocycles. The van der Waals surface area contributed by atoms with Crippen molar-refractivity contribution in [3.8, 4) is 11.5 Å². The fourth-order valence-corrected chi connectivity index (χ4v) is 3.62. The van der Waals surface area contributed by atoms with Gasteiger partial charge in [-0.2, -0.15) is 0 Å². The van der Waals surface area contributed by atoms with Crippen LogP contribution in [0.3, 0.4) is 0 Å². The lowest BCUT2D eigenvalue weighted by atomic mass is 10.0. The number of phenols is 1. The van der Waals surface area contributed by atoms with Gasteiger partial charge in [0, 0.05) is 18.8 Å². The number of anilines is 1. The molecule has 1 fully saturated rings. The Morgan fingerprint density at radius 2 is 2.15 bits per heavy atom. The molecule has 2 aromatic carbocycles. The van der Waals surface area contributed by atoms with Crippen molar-refractivity contribution < 1.29 is 19.4 Å². The van der Waals surface area contributed by atoms with E-state index >= 15 is 0 Å². The molecule has 6 nitrogen and oxygen atoms in total. The predicted molar refractivity (Wildman–Crippen MR) is 97.5 cm³/mol. The first-order chi connectivity index (χ1) is 12.7. The zero-order valence-electron chi connectivity index (χ0n) is 14.6. The van der Waals surface area contributed by atoms with Crippen LogP contribution in [-0.2, 0) is 4.74 Å². The van der Waals surface area contributed by atoms with E-state index in [0.29, 0.717) is 17.9 Å². The lowest BCUT2D eigenvalue weighted by molar-refractivity contribution is 0.0426. The molecule has 0 radical (unpaired) electrons. The van der Waals surface area contributed by atoms with Crippen molar-refractivity contribution in [1.82, 2.24) is 4.90 Å². The number of aromatic hydroxyl groups is 1. The van der Waals surface area contributed by atoms with Crippen molar-refractivity contribution in [2.45, 2.75) is 25.1 Å². The quantitative estimate of drug-likeness (QED) is 0.883. The third kappa shape index (κ3) is 2.97. The van der Waals surface area contributed by atoms with Crippen LogP contribution < -0.4 is 10.1 Å². The standard InChI is InChI=1S/C20H22N2O4/c1-25-18-11-13(8-9-17(18)23)19-21-16-7-3-2-6-15(16)20(24)22(19)12-14-5-4-10-26-14/h2-3,6-9,11,14,19,21,23H,4-5,10,12H2,1H3/t14-,19-/m1/s1. The van der Waals surface area contributed by atoms with Gasteiger partial charge in [0.2, 0.25) is 0 Å². The lowest BCUT2D eigenvalue weighted by Gasteiger charge is -2.39. The van der Waals surface area contributed by atoms with Crippen molar-refractivity contribution in [1.29, 1.82) is 0 Å². The first-order valence-corrected chi connectivity index (χ1v) is 8.82. The Morgan fingerprint density at radius 1 is 1.31 bits per heavy atom. The summed E-state index contributed by atoms with van der Waals surface area (Å²) in [5, 5.41) is 13.3. The van der Waals surface area contributed by atoms with Crippen LogP contribution in [-0.4, -0.2) is 42.3 Å². The molecule has 0 aromatic heterocycles. The molecule has 2 heterocycles. The Balaban J connectivity index is 1.72. The molecular formula is C20H22N2O4. The van der Waals surface area contributed by atoms with Gasteiger partial charge in [-0.1, -0.05) is 18.2 Å². The van der Waals surface area contributed by atoms with E-state index in [-0.39, 0.29) is 23.9 Å². The number of para-hydroxylation sites is 1. The molecule has 0 spiro atoms. The highest BCUT2D eigenvalue weighted by Gasteiger charge is 2.35. The summed E-state index contributed by atoms with van der Waals surface area (Å²) >= 11 is 0. The molecule has 2 N–H and O–H groups in total. The van der Waals surface area contributed by atoms with Crippen molar-refractivity contribution in [3.05, 3.63) is 53.6 Å². The maximum absolute atomic E-state index is 13.2. The molecule has 0 bridgehead atoms. The van der Waals surface area contributed by atoms with Crippen molar-refractivity contribution in [3.63, 3.8) is 0 Å². The number of ether oxygens (including phenoxy) is 2. The maximum atomic E-state index is 13.2. The number of carbonyl (C=O) groups excluding carboxylic acids is 1. The summed E-state index contributed by atoms with van der Waals surface area (Å²) in [5.74, 6) is 0.434. The maximum Gasteiger partial charge on any atom is 0.257 e. The third-order valence-corrected chi connectivity index (χ3v) is 4.97. The number of hydrogen-bond donors (Lipinski definition) is 2. The van der Waals surface area contributed by atoms with E-state index in [2.05, 4.69) is 5.32 Å². The number of hydrogen-bond acceptors (Lipinski definition) is 5. The van der Waals surface area contributed by atoms with Gasteiger partial charge in [-0.05, 0) is 42.7 Å². The minimum absolute atomic E-state index is 0.0214.